The smallest absolute Gasteiger partial charge is 0.368 e. The number of fused-ring (bicyclic) bond motifs is 1. The van der Waals surface area contributed by atoms with Crippen molar-refractivity contribution in [3.05, 3.63) is 30.1 Å². The van der Waals surface area contributed by atoms with Crippen molar-refractivity contribution in [2.45, 2.75) is 62.5 Å². The molecule has 13 heteroatoms. The number of halogens is 3. The van der Waals surface area contributed by atoms with Crippen LogP contribution in [-0.2, 0) is 21.0 Å². The molecule has 4 rings (SSSR count). The van der Waals surface area contributed by atoms with Crippen LogP contribution in [0.25, 0.3) is 10.9 Å². The van der Waals surface area contributed by atoms with Crippen LogP contribution >= 0.6 is 0 Å². The van der Waals surface area contributed by atoms with Crippen LogP contribution < -0.4 is 15.4 Å². The molecule has 37 heavy (non-hydrogen) atoms. The predicted octanol–water partition coefficient (Wildman–Crippen LogP) is 2.51. The maximum absolute atomic E-state index is 13.4. The molecule has 204 valence electrons. The highest BCUT2D eigenvalue weighted by Gasteiger charge is 2.41. The van der Waals surface area contributed by atoms with Crippen LogP contribution in [0.4, 0.5) is 19.0 Å². The van der Waals surface area contributed by atoms with Crippen molar-refractivity contribution < 1.29 is 26.4 Å². The highest BCUT2D eigenvalue weighted by atomic mass is 32.2. The van der Waals surface area contributed by atoms with Gasteiger partial charge >= 0.3 is 6.18 Å². The molecule has 1 aromatic carbocycles. The normalized spacial score (nSPS) is 22.5. The van der Waals surface area contributed by atoms with Crippen molar-refractivity contribution in [1.82, 2.24) is 19.6 Å². The van der Waals surface area contributed by atoms with Crippen molar-refractivity contribution in [3.63, 3.8) is 0 Å². The average molecular weight is 543 g/mol. The number of alkyl halides is 3. The van der Waals surface area contributed by atoms with E-state index in [0.717, 1.165) is 37.8 Å². The number of aromatic nitrogens is 2. The molecule has 1 saturated carbocycles. The molecule has 2 aromatic rings. The number of hydrogen-bond donors (Lipinski definition) is 2. The largest absolute Gasteiger partial charge is 0.416 e. The lowest BCUT2D eigenvalue weighted by atomic mass is 9.81. The summed E-state index contributed by atoms with van der Waals surface area (Å²) in [5.41, 5.74) is 5.04. The van der Waals surface area contributed by atoms with Gasteiger partial charge in [0.2, 0.25) is 15.9 Å². The minimum Gasteiger partial charge on any atom is -0.368 e. The van der Waals surface area contributed by atoms with E-state index in [9.17, 15) is 26.4 Å². The SMILES string of the molecule is CC[C@@H](C1CCC(N2CC(N(CC(N)=O)c3ncnc4ccc(C(F)(F)F)cc34)C2)CC1)S(=O)(=O)NC. The number of primary amides is 1. The molecule has 2 aliphatic rings. The molecule has 1 saturated heterocycles. The molecule has 1 atom stereocenters. The van der Waals surface area contributed by atoms with Gasteiger partial charge in [-0.05, 0) is 63.3 Å². The first-order valence-electron chi connectivity index (χ1n) is 12.5. The highest BCUT2D eigenvalue weighted by Crippen LogP contribution is 2.37. The van der Waals surface area contributed by atoms with Crippen LogP contribution in [-0.4, -0.2) is 73.2 Å². The lowest BCUT2D eigenvalue weighted by molar-refractivity contribution is -0.137. The van der Waals surface area contributed by atoms with Crippen LogP contribution in [0.15, 0.2) is 24.5 Å². The maximum atomic E-state index is 13.4. The van der Waals surface area contributed by atoms with E-state index in [4.69, 9.17) is 5.73 Å². The minimum atomic E-state index is -4.52. The molecule has 0 spiro atoms. The number of likely N-dealkylation sites (tertiary alicyclic amines) is 1. The number of nitrogens with two attached hydrogens (primary N) is 1. The molecule has 1 aliphatic carbocycles. The third kappa shape index (κ3) is 5.83. The number of carbonyl (C=O) groups is 1. The molecule has 1 aromatic heterocycles. The van der Waals surface area contributed by atoms with Crippen LogP contribution in [0.3, 0.4) is 0 Å². The van der Waals surface area contributed by atoms with E-state index in [1.165, 1.54) is 19.4 Å². The van der Waals surface area contributed by atoms with E-state index in [1.807, 2.05) is 6.92 Å². The summed E-state index contributed by atoms with van der Waals surface area (Å²) in [6.07, 6.45) is 0.684. The molecule has 0 unspecified atom stereocenters. The minimum absolute atomic E-state index is 0.109. The molecule has 0 radical (unpaired) electrons. The summed E-state index contributed by atoms with van der Waals surface area (Å²) in [7, 11) is -1.88. The zero-order valence-corrected chi connectivity index (χ0v) is 21.7. The Morgan fingerprint density at radius 2 is 1.89 bits per heavy atom. The number of benzene rings is 1. The number of nitrogens with zero attached hydrogens (tertiary/aromatic N) is 4. The van der Waals surface area contributed by atoms with Crippen LogP contribution in [0.2, 0.25) is 0 Å². The fourth-order valence-electron chi connectivity index (χ4n) is 5.77. The van der Waals surface area contributed by atoms with Crippen LogP contribution in [0, 0.1) is 5.92 Å². The average Bonchev–Trinajstić information content (AvgIpc) is 2.82. The van der Waals surface area contributed by atoms with Crippen molar-refractivity contribution in [2.24, 2.45) is 11.7 Å². The van der Waals surface area contributed by atoms with Crippen LogP contribution in [0.5, 0.6) is 0 Å². The molecule has 3 N–H and O–H groups in total. The standard InChI is InChI=1S/C24H33F3N6O3S/c1-3-21(37(35,36)29-2)15-4-7-17(8-5-15)32-11-18(12-32)33(13-22(28)34)23-19-10-16(24(25,26)27)6-9-20(19)30-14-31-23/h6,9-10,14-15,17-18,21,29H,3-5,7-8,11-13H2,1-2H3,(H2,28,34)/t15?,17?,21-/m0/s1. The fourth-order valence-corrected chi connectivity index (χ4v) is 7.29. The number of hydrogen-bond acceptors (Lipinski definition) is 7. The molecule has 1 aliphatic heterocycles. The Balaban J connectivity index is 1.47. The molecule has 2 fully saturated rings. The Morgan fingerprint density at radius 3 is 2.46 bits per heavy atom. The molecule has 0 bridgehead atoms. The van der Waals surface area contributed by atoms with E-state index in [-0.39, 0.29) is 35.8 Å². The quantitative estimate of drug-likeness (QED) is 0.499. The van der Waals surface area contributed by atoms with E-state index < -0.39 is 32.9 Å². The number of carbonyl (C=O) groups excluding carboxylic acids is 1. The summed E-state index contributed by atoms with van der Waals surface area (Å²) in [6, 6.07) is 3.43. The number of nitrogens with one attached hydrogen (secondary N) is 1. The summed E-state index contributed by atoms with van der Waals surface area (Å²) >= 11 is 0. The van der Waals surface area contributed by atoms with Crippen molar-refractivity contribution >= 4 is 32.7 Å². The van der Waals surface area contributed by atoms with Gasteiger partial charge in [0.25, 0.3) is 0 Å². The first-order valence-corrected chi connectivity index (χ1v) is 14.0. The monoisotopic (exact) mass is 542 g/mol. The van der Waals surface area contributed by atoms with Gasteiger partial charge in [-0.3, -0.25) is 9.69 Å². The van der Waals surface area contributed by atoms with Gasteiger partial charge in [-0.15, -0.1) is 0 Å². The van der Waals surface area contributed by atoms with Gasteiger partial charge in [0, 0.05) is 24.5 Å². The van der Waals surface area contributed by atoms with Crippen LogP contribution in [0.1, 0.15) is 44.6 Å². The van der Waals surface area contributed by atoms with E-state index in [1.54, 1.807) is 4.90 Å². The first kappa shape index (κ1) is 27.5. The van der Waals surface area contributed by atoms with Crippen molar-refractivity contribution in [2.75, 3.05) is 31.6 Å². The second-order valence-corrected chi connectivity index (χ2v) is 12.0. The second-order valence-electron chi connectivity index (χ2n) is 9.89. The molecular weight excluding hydrogens is 509 g/mol. The number of amides is 1. The molecule has 1 amide bonds. The van der Waals surface area contributed by atoms with Crippen molar-refractivity contribution in [3.8, 4) is 0 Å². The predicted molar refractivity (Wildman–Crippen MR) is 134 cm³/mol. The van der Waals surface area contributed by atoms with E-state index in [0.29, 0.717) is 25.0 Å². The first-order chi connectivity index (χ1) is 17.4. The Bertz CT molecular complexity index is 1230. The summed E-state index contributed by atoms with van der Waals surface area (Å²) in [4.78, 5) is 24.2. The van der Waals surface area contributed by atoms with Gasteiger partial charge in [-0.1, -0.05) is 6.92 Å². The summed E-state index contributed by atoms with van der Waals surface area (Å²) in [5.74, 6) is -0.238. The Morgan fingerprint density at radius 1 is 1.22 bits per heavy atom. The third-order valence-electron chi connectivity index (χ3n) is 7.74. The van der Waals surface area contributed by atoms with Gasteiger partial charge in [0.1, 0.15) is 12.1 Å². The fraction of sp³-hybridized carbons (Fsp3) is 0.625. The molecule has 9 nitrogen and oxygen atoms in total. The van der Waals surface area contributed by atoms with Gasteiger partial charge in [-0.25, -0.2) is 23.1 Å². The zero-order chi connectivity index (χ0) is 27.0. The molecular formula is C24H33F3N6O3S. The summed E-state index contributed by atoms with van der Waals surface area (Å²) < 4.78 is 67.3. The second kappa shape index (κ2) is 10.7. The van der Waals surface area contributed by atoms with E-state index >= 15 is 0 Å². The van der Waals surface area contributed by atoms with Gasteiger partial charge in [0.05, 0.1) is 28.9 Å². The maximum Gasteiger partial charge on any atom is 0.416 e. The summed E-state index contributed by atoms with van der Waals surface area (Å²) in [6.45, 7) is 2.94. The lowest BCUT2D eigenvalue weighted by Gasteiger charge is -2.50. The topological polar surface area (TPSA) is 122 Å². The number of sulfonamides is 1. The Kier molecular flexibility index (Phi) is 7.96. The van der Waals surface area contributed by atoms with Gasteiger partial charge in [0.15, 0.2) is 0 Å². The lowest BCUT2D eigenvalue weighted by Crippen LogP contribution is -2.64. The highest BCUT2D eigenvalue weighted by molar-refractivity contribution is 7.90. The zero-order valence-electron chi connectivity index (χ0n) is 20.9. The van der Waals surface area contributed by atoms with E-state index in [2.05, 4.69) is 19.6 Å². The number of rotatable bonds is 9. The number of anilines is 1. The van der Waals surface area contributed by atoms with Gasteiger partial charge in [-0.2, -0.15) is 13.2 Å². The Hall–Kier alpha value is -2.51. The van der Waals surface area contributed by atoms with Gasteiger partial charge < -0.3 is 10.6 Å². The summed E-state index contributed by atoms with van der Waals surface area (Å²) in [5, 5.41) is -0.185. The molecule has 2 heterocycles. The van der Waals surface area contributed by atoms with Crippen molar-refractivity contribution in [1.29, 1.82) is 0 Å². The Labute approximate surface area is 214 Å². The third-order valence-corrected chi connectivity index (χ3v) is 9.82.